The number of aliphatic carboxylic acids is 1. The Morgan fingerprint density at radius 1 is 1.29 bits per heavy atom. The van der Waals surface area contributed by atoms with Gasteiger partial charge in [0.15, 0.2) is 0 Å². The maximum Gasteiger partial charge on any atom is 0.328 e. The zero-order chi connectivity index (χ0) is 14.2. The summed E-state index contributed by atoms with van der Waals surface area (Å²) in [6.45, 7) is 11.1. The molecule has 0 saturated heterocycles. The number of hydrogen-bond donors (Lipinski definition) is 3. The van der Waals surface area contributed by atoms with E-state index in [4.69, 9.17) is 10.2 Å². The molecule has 0 rings (SSSR count). The third-order valence-corrected chi connectivity index (χ3v) is 2.25. The highest BCUT2D eigenvalue weighted by Gasteiger charge is 2.28. The molecule has 0 aliphatic carbocycles. The van der Waals surface area contributed by atoms with Gasteiger partial charge in [-0.25, -0.2) is 4.79 Å². The molecule has 102 valence electrons. The minimum absolute atomic E-state index is 0.0341. The molecule has 0 aliphatic heterocycles. The Morgan fingerprint density at radius 3 is 1.76 bits per heavy atom. The topological polar surface area (TPSA) is 77.8 Å². The monoisotopic (exact) mass is 246 g/mol. The number of allylic oxidation sites excluding steroid dienone is 1. The fraction of sp³-hybridized carbons (Fsp3) is 0.769. The molecule has 0 aromatic carbocycles. The molecule has 0 heterocycles. The molecule has 0 fully saturated rings. The fourth-order valence-corrected chi connectivity index (χ4v) is 1.24. The first-order valence-corrected chi connectivity index (χ1v) is 5.71. The van der Waals surface area contributed by atoms with Crippen molar-refractivity contribution in [1.29, 1.82) is 0 Å². The molecule has 0 saturated carbocycles. The van der Waals surface area contributed by atoms with Gasteiger partial charge >= 0.3 is 5.97 Å². The van der Waals surface area contributed by atoms with Gasteiger partial charge in [-0.05, 0) is 19.8 Å². The second kappa shape index (κ2) is 8.25. The first-order chi connectivity index (χ1) is 7.54. The van der Waals surface area contributed by atoms with Crippen molar-refractivity contribution in [3.63, 3.8) is 0 Å². The lowest BCUT2D eigenvalue weighted by Crippen LogP contribution is -2.36. The van der Waals surface area contributed by atoms with Crippen molar-refractivity contribution in [3.05, 3.63) is 11.6 Å². The van der Waals surface area contributed by atoms with E-state index in [1.807, 2.05) is 27.7 Å². The van der Waals surface area contributed by atoms with Crippen molar-refractivity contribution in [2.75, 3.05) is 6.61 Å². The van der Waals surface area contributed by atoms with E-state index in [0.29, 0.717) is 0 Å². The van der Waals surface area contributed by atoms with Crippen molar-refractivity contribution >= 4 is 5.97 Å². The highest BCUT2D eigenvalue weighted by molar-refractivity contribution is 5.80. The van der Waals surface area contributed by atoms with E-state index < -0.39 is 12.1 Å². The largest absolute Gasteiger partial charge is 0.478 e. The van der Waals surface area contributed by atoms with Gasteiger partial charge in [0.1, 0.15) is 0 Å². The zero-order valence-electron chi connectivity index (χ0n) is 11.7. The third kappa shape index (κ3) is 10.0. The minimum atomic E-state index is -0.875. The van der Waals surface area contributed by atoms with Crippen LogP contribution in [0.3, 0.4) is 0 Å². The number of rotatable bonds is 4. The van der Waals surface area contributed by atoms with Crippen molar-refractivity contribution in [1.82, 2.24) is 0 Å². The van der Waals surface area contributed by atoms with Gasteiger partial charge in [-0.15, -0.1) is 0 Å². The summed E-state index contributed by atoms with van der Waals surface area (Å²) >= 11 is 0. The molecule has 1 atom stereocenters. The number of carboxylic acids is 1. The molecule has 1 unspecified atom stereocenters. The van der Waals surface area contributed by atoms with Gasteiger partial charge in [0.25, 0.3) is 0 Å². The van der Waals surface area contributed by atoms with Gasteiger partial charge in [0.05, 0.1) is 12.7 Å². The number of carbonyl (C=O) groups is 1. The zero-order valence-corrected chi connectivity index (χ0v) is 11.7. The SMILES string of the molecule is CC(C)=CC(=O)O.CC(C)C(O)C(C)(C)CO. The van der Waals surface area contributed by atoms with Crippen LogP contribution in [0.4, 0.5) is 0 Å². The van der Waals surface area contributed by atoms with E-state index >= 15 is 0 Å². The molecule has 17 heavy (non-hydrogen) atoms. The van der Waals surface area contributed by atoms with E-state index in [-0.39, 0.29) is 17.9 Å². The molecule has 0 bridgehead atoms. The molecule has 0 spiro atoms. The van der Waals surface area contributed by atoms with Crippen LogP contribution in [0, 0.1) is 11.3 Å². The normalized spacial score (nSPS) is 12.5. The van der Waals surface area contributed by atoms with E-state index in [9.17, 15) is 9.90 Å². The second-order valence-corrected chi connectivity index (χ2v) is 5.40. The Labute approximate surface area is 104 Å². The highest BCUT2D eigenvalue weighted by Crippen LogP contribution is 2.24. The predicted octanol–water partition coefficient (Wildman–Crippen LogP) is 2.06. The number of aliphatic hydroxyl groups excluding tert-OH is 2. The van der Waals surface area contributed by atoms with Crippen LogP contribution in [-0.2, 0) is 4.79 Å². The first kappa shape index (κ1) is 18.5. The number of carboxylic acid groups (broad SMARTS) is 1. The van der Waals surface area contributed by atoms with Crippen LogP contribution in [0.1, 0.15) is 41.5 Å². The van der Waals surface area contributed by atoms with E-state index in [2.05, 4.69) is 0 Å². The summed E-state index contributed by atoms with van der Waals surface area (Å²) in [4.78, 5) is 9.73. The summed E-state index contributed by atoms with van der Waals surface area (Å²) in [6, 6.07) is 0. The molecule has 0 amide bonds. The summed E-state index contributed by atoms with van der Waals surface area (Å²) in [5.74, 6) is -0.665. The Balaban J connectivity index is 0. The molecule has 4 nitrogen and oxygen atoms in total. The molecule has 0 radical (unpaired) electrons. The summed E-state index contributed by atoms with van der Waals surface area (Å²) in [6.07, 6.45) is 0.748. The van der Waals surface area contributed by atoms with Crippen molar-refractivity contribution < 1.29 is 20.1 Å². The summed E-state index contributed by atoms with van der Waals surface area (Å²) in [7, 11) is 0. The molecule has 0 aromatic rings. The Hall–Kier alpha value is -0.870. The van der Waals surface area contributed by atoms with Crippen LogP contribution in [0.15, 0.2) is 11.6 Å². The summed E-state index contributed by atoms with van der Waals surface area (Å²) < 4.78 is 0. The van der Waals surface area contributed by atoms with Crippen LogP contribution in [-0.4, -0.2) is 34.0 Å². The summed E-state index contributed by atoms with van der Waals surface area (Å²) in [5, 5.41) is 26.4. The maximum atomic E-state index is 9.73. The second-order valence-electron chi connectivity index (χ2n) is 5.40. The Kier molecular flexibility index (Phi) is 8.98. The standard InChI is InChI=1S/C8H18O2.C5H8O2/c1-6(2)7(10)8(3,4)5-9;1-4(2)3-5(6)7/h6-7,9-10H,5H2,1-4H3;3H,1-2H3,(H,6,7). The van der Waals surface area contributed by atoms with Gasteiger partial charge in [0, 0.05) is 11.5 Å². The average Bonchev–Trinajstić information content (AvgIpc) is 2.15. The number of aliphatic hydroxyl groups is 2. The van der Waals surface area contributed by atoms with E-state index in [1.54, 1.807) is 13.8 Å². The highest BCUT2D eigenvalue weighted by atomic mass is 16.4. The predicted molar refractivity (Wildman–Crippen MR) is 68.8 cm³/mol. The first-order valence-electron chi connectivity index (χ1n) is 5.71. The third-order valence-electron chi connectivity index (χ3n) is 2.25. The van der Waals surface area contributed by atoms with E-state index in [1.165, 1.54) is 6.08 Å². The molecule has 0 aliphatic rings. The summed E-state index contributed by atoms with van der Waals surface area (Å²) in [5.41, 5.74) is 0.446. The lowest BCUT2D eigenvalue weighted by Gasteiger charge is -2.30. The Bertz CT molecular complexity index is 250. The van der Waals surface area contributed by atoms with Crippen molar-refractivity contribution in [2.24, 2.45) is 11.3 Å². The quantitative estimate of drug-likeness (QED) is 0.663. The molecular weight excluding hydrogens is 220 g/mol. The molecule has 4 heteroatoms. The average molecular weight is 246 g/mol. The van der Waals surface area contributed by atoms with Crippen LogP contribution < -0.4 is 0 Å². The lowest BCUT2D eigenvalue weighted by atomic mass is 9.82. The molecule has 0 aromatic heterocycles. The fourth-order valence-electron chi connectivity index (χ4n) is 1.24. The van der Waals surface area contributed by atoms with Crippen LogP contribution >= 0.6 is 0 Å². The lowest BCUT2D eigenvalue weighted by molar-refractivity contribution is -0.131. The van der Waals surface area contributed by atoms with Gasteiger partial charge < -0.3 is 15.3 Å². The van der Waals surface area contributed by atoms with Gasteiger partial charge in [-0.2, -0.15) is 0 Å². The maximum absolute atomic E-state index is 9.73. The minimum Gasteiger partial charge on any atom is -0.478 e. The van der Waals surface area contributed by atoms with Gasteiger partial charge in [-0.3, -0.25) is 0 Å². The van der Waals surface area contributed by atoms with Crippen molar-refractivity contribution in [3.8, 4) is 0 Å². The smallest absolute Gasteiger partial charge is 0.328 e. The molecular formula is C13H26O4. The van der Waals surface area contributed by atoms with Crippen LogP contribution in [0.5, 0.6) is 0 Å². The van der Waals surface area contributed by atoms with Gasteiger partial charge in [0.2, 0.25) is 0 Å². The Morgan fingerprint density at radius 2 is 1.71 bits per heavy atom. The van der Waals surface area contributed by atoms with Crippen LogP contribution in [0.25, 0.3) is 0 Å². The van der Waals surface area contributed by atoms with E-state index in [0.717, 1.165) is 5.57 Å². The van der Waals surface area contributed by atoms with Crippen LogP contribution in [0.2, 0.25) is 0 Å². The molecule has 3 N–H and O–H groups in total. The van der Waals surface area contributed by atoms with Crippen molar-refractivity contribution in [2.45, 2.75) is 47.6 Å². The number of hydrogen-bond acceptors (Lipinski definition) is 3. The van der Waals surface area contributed by atoms with Gasteiger partial charge in [-0.1, -0.05) is 33.3 Å².